The van der Waals surface area contributed by atoms with Crippen molar-refractivity contribution in [3.63, 3.8) is 0 Å². The minimum atomic E-state index is 0.163. The lowest BCUT2D eigenvalue weighted by Gasteiger charge is -2.39. The van der Waals surface area contributed by atoms with Crippen molar-refractivity contribution < 1.29 is 9.53 Å². The van der Waals surface area contributed by atoms with Gasteiger partial charge in [-0.2, -0.15) is 0 Å². The van der Waals surface area contributed by atoms with Crippen LogP contribution in [0.2, 0.25) is 0 Å². The Labute approximate surface area is 85.4 Å². The predicted octanol–water partition coefficient (Wildman–Crippen LogP) is 1.28. The highest BCUT2D eigenvalue weighted by Crippen LogP contribution is 2.30. The fraction of sp³-hybridized carbons (Fsp3) is 0.909. The third-order valence-corrected chi connectivity index (χ3v) is 3.42. The smallest absolute Gasteiger partial charge is 0.230 e. The van der Waals surface area contributed by atoms with E-state index in [-0.39, 0.29) is 5.92 Å². The zero-order valence-electron chi connectivity index (χ0n) is 9.08. The van der Waals surface area contributed by atoms with E-state index in [9.17, 15) is 4.79 Å². The van der Waals surface area contributed by atoms with Gasteiger partial charge in [0.25, 0.3) is 0 Å². The Morgan fingerprint density at radius 2 is 1.86 bits per heavy atom. The predicted molar refractivity (Wildman–Crippen MR) is 53.9 cm³/mol. The number of amides is 1. The zero-order valence-corrected chi connectivity index (χ0v) is 9.08. The molecule has 0 bridgehead atoms. The highest BCUT2D eigenvalue weighted by atomic mass is 16.5. The average molecular weight is 197 g/mol. The molecular formula is C11H19NO2. The van der Waals surface area contributed by atoms with Crippen LogP contribution >= 0.6 is 0 Å². The van der Waals surface area contributed by atoms with Crippen molar-refractivity contribution in [1.82, 2.24) is 4.90 Å². The van der Waals surface area contributed by atoms with Crippen LogP contribution in [-0.4, -0.2) is 37.1 Å². The van der Waals surface area contributed by atoms with Gasteiger partial charge in [-0.05, 0) is 18.3 Å². The van der Waals surface area contributed by atoms with Crippen molar-refractivity contribution in [3.8, 4) is 0 Å². The summed E-state index contributed by atoms with van der Waals surface area (Å²) in [6.45, 7) is 7.70. The summed E-state index contributed by atoms with van der Waals surface area (Å²) in [6, 6.07) is 0. The number of carbonyl (C=O) groups excluding carboxylic acids is 1. The van der Waals surface area contributed by atoms with E-state index in [1.54, 1.807) is 0 Å². The summed E-state index contributed by atoms with van der Waals surface area (Å²) in [5, 5.41) is 0. The van der Waals surface area contributed by atoms with Crippen molar-refractivity contribution in [2.24, 2.45) is 11.3 Å². The van der Waals surface area contributed by atoms with Gasteiger partial charge < -0.3 is 9.64 Å². The van der Waals surface area contributed by atoms with Gasteiger partial charge >= 0.3 is 0 Å². The van der Waals surface area contributed by atoms with E-state index in [0.29, 0.717) is 24.5 Å². The van der Waals surface area contributed by atoms with Gasteiger partial charge in [0.1, 0.15) is 0 Å². The number of hydrogen-bond donors (Lipinski definition) is 0. The van der Waals surface area contributed by atoms with E-state index in [2.05, 4.69) is 13.8 Å². The first-order chi connectivity index (χ1) is 6.58. The van der Waals surface area contributed by atoms with Crippen LogP contribution in [0, 0.1) is 11.3 Å². The average Bonchev–Trinajstić information content (AvgIpc) is 2.00. The Kier molecular flexibility index (Phi) is 2.52. The molecule has 2 aliphatic heterocycles. The molecule has 1 amide bonds. The Morgan fingerprint density at radius 3 is 2.29 bits per heavy atom. The molecule has 0 radical (unpaired) electrons. The second-order valence-electron chi connectivity index (χ2n) is 5.22. The summed E-state index contributed by atoms with van der Waals surface area (Å²) >= 11 is 0. The van der Waals surface area contributed by atoms with E-state index in [4.69, 9.17) is 4.74 Å². The van der Waals surface area contributed by atoms with E-state index in [1.165, 1.54) is 0 Å². The topological polar surface area (TPSA) is 29.5 Å². The van der Waals surface area contributed by atoms with Crippen molar-refractivity contribution >= 4 is 5.91 Å². The lowest BCUT2D eigenvalue weighted by Crippen LogP contribution is -2.48. The van der Waals surface area contributed by atoms with Crippen molar-refractivity contribution in [2.75, 3.05) is 26.3 Å². The molecule has 2 saturated heterocycles. The number of piperidine rings is 1. The summed E-state index contributed by atoms with van der Waals surface area (Å²) in [5.74, 6) is 0.475. The molecule has 80 valence electrons. The number of nitrogens with zero attached hydrogens (tertiary/aromatic N) is 1. The molecule has 0 N–H and O–H groups in total. The molecule has 3 nitrogen and oxygen atoms in total. The molecular weight excluding hydrogens is 178 g/mol. The number of carbonyl (C=O) groups is 1. The first-order valence-electron chi connectivity index (χ1n) is 5.45. The van der Waals surface area contributed by atoms with Gasteiger partial charge in [-0.3, -0.25) is 4.79 Å². The van der Waals surface area contributed by atoms with Crippen LogP contribution in [0.4, 0.5) is 0 Å². The Bertz CT molecular complexity index is 223. The fourth-order valence-corrected chi connectivity index (χ4v) is 1.97. The minimum absolute atomic E-state index is 0.163. The maximum Gasteiger partial charge on any atom is 0.230 e. The Hall–Kier alpha value is -0.570. The number of rotatable bonds is 1. The molecule has 14 heavy (non-hydrogen) atoms. The molecule has 0 unspecified atom stereocenters. The third-order valence-electron chi connectivity index (χ3n) is 3.42. The number of ether oxygens (including phenoxy) is 1. The molecule has 2 fully saturated rings. The molecule has 2 heterocycles. The molecule has 3 heteroatoms. The minimum Gasteiger partial charge on any atom is -0.380 e. The second kappa shape index (κ2) is 3.54. The second-order valence-corrected chi connectivity index (χ2v) is 5.22. The van der Waals surface area contributed by atoms with E-state index in [0.717, 1.165) is 25.9 Å². The van der Waals surface area contributed by atoms with E-state index >= 15 is 0 Å². The summed E-state index contributed by atoms with van der Waals surface area (Å²) < 4.78 is 5.04. The van der Waals surface area contributed by atoms with Crippen LogP contribution in [0.1, 0.15) is 26.7 Å². The quantitative estimate of drug-likeness (QED) is 0.633. The lowest BCUT2D eigenvalue weighted by atomic mass is 9.82. The number of hydrogen-bond acceptors (Lipinski definition) is 2. The first-order valence-corrected chi connectivity index (χ1v) is 5.45. The van der Waals surface area contributed by atoms with Crippen molar-refractivity contribution in [3.05, 3.63) is 0 Å². The van der Waals surface area contributed by atoms with Crippen LogP contribution < -0.4 is 0 Å². The SMILES string of the molecule is CC1(C)CCN(C(=O)C2COC2)CC1. The Balaban J connectivity index is 1.85. The molecule has 0 aromatic carbocycles. The van der Waals surface area contributed by atoms with Gasteiger partial charge in [-0.15, -0.1) is 0 Å². The normalized spacial score (nSPS) is 27.1. The van der Waals surface area contributed by atoms with E-state index in [1.807, 2.05) is 4.90 Å². The monoisotopic (exact) mass is 197 g/mol. The van der Waals surface area contributed by atoms with Gasteiger partial charge in [0.15, 0.2) is 0 Å². The zero-order chi connectivity index (χ0) is 10.2. The van der Waals surface area contributed by atoms with Gasteiger partial charge in [0.05, 0.1) is 19.1 Å². The fourth-order valence-electron chi connectivity index (χ4n) is 1.97. The molecule has 0 atom stereocenters. The van der Waals surface area contributed by atoms with Gasteiger partial charge in [-0.25, -0.2) is 0 Å². The van der Waals surface area contributed by atoms with Gasteiger partial charge in [0, 0.05) is 13.1 Å². The van der Waals surface area contributed by atoms with Crippen LogP contribution in [0.3, 0.4) is 0 Å². The number of likely N-dealkylation sites (tertiary alicyclic amines) is 1. The van der Waals surface area contributed by atoms with Crippen molar-refractivity contribution in [1.29, 1.82) is 0 Å². The summed E-state index contributed by atoms with van der Waals surface area (Å²) in [4.78, 5) is 13.8. The summed E-state index contributed by atoms with van der Waals surface area (Å²) in [7, 11) is 0. The standard InChI is InChI=1S/C11H19NO2/c1-11(2)3-5-12(6-4-11)10(13)9-7-14-8-9/h9H,3-8H2,1-2H3. The van der Waals surface area contributed by atoms with Crippen LogP contribution in [0.15, 0.2) is 0 Å². The maximum absolute atomic E-state index is 11.8. The molecule has 0 aromatic rings. The largest absolute Gasteiger partial charge is 0.380 e. The van der Waals surface area contributed by atoms with Crippen LogP contribution in [0.5, 0.6) is 0 Å². The molecule has 0 aromatic heterocycles. The lowest BCUT2D eigenvalue weighted by molar-refractivity contribution is -0.151. The van der Waals surface area contributed by atoms with Crippen LogP contribution in [0.25, 0.3) is 0 Å². The molecule has 0 aliphatic carbocycles. The highest BCUT2D eigenvalue weighted by molar-refractivity contribution is 5.79. The highest BCUT2D eigenvalue weighted by Gasteiger charge is 2.34. The summed E-state index contributed by atoms with van der Waals surface area (Å²) in [5.41, 5.74) is 0.424. The summed E-state index contributed by atoms with van der Waals surface area (Å²) in [6.07, 6.45) is 2.26. The third kappa shape index (κ3) is 1.92. The van der Waals surface area contributed by atoms with Crippen molar-refractivity contribution in [2.45, 2.75) is 26.7 Å². The van der Waals surface area contributed by atoms with Gasteiger partial charge in [0.2, 0.25) is 5.91 Å². The van der Waals surface area contributed by atoms with E-state index < -0.39 is 0 Å². The first kappa shape index (κ1) is 9.97. The molecule has 2 aliphatic rings. The van der Waals surface area contributed by atoms with Gasteiger partial charge in [-0.1, -0.05) is 13.8 Å². The molecule has 0 spiro atoms. The Morgan fingerprint density at radius 1 is 1.29 bits per heavy atom. The molecule has 2 rings (SSSR count). The van der Waals surface area contributed by atoms with Crippen LogP contribution in [-0.2, 0) is 9.53 Å². The maximum atomic E-state index is 11.8. The molecule has 0 saturated carbocycles.